The quantitative estimate of drug-likeness (QED) is 0.182. The van der Waals surface area contributed by atoms with Gasteiger partial charge in [0.15, 0.2) is 0 Å². The van der Waals surface area contributed by atoms with Gasteiger partial charge < -0.3 is 13.6 Å². The van der Waals surface area contributed by atoms with Crippen LogP contribution >= 0.6 is 11.3 Å². The number of fused-ring (bicyclic) bond motifs is 12. The zero-order valence-corrected chi connectivity index (χ0v) is 28.7. The van der Waals surface area contributed by atoms with Crippen LogP contribution in [0.2, 0.25) is 0 Å². The standard InChI is InChI=1S/C48H28N2OS/c1-2-12-29(13-3-1)49-41-21-7-4-14-31(41)38-27-39-32-15-5-8-22-42(32)50(44(39)28-43(38)49)30-24-25-46-40(26-30)37-20-11-19-36(48(37)52-46)35-18-10-17-34-33-16-6-9-23-45(33)51-47(34)35/h1-28H. The van der Waals surface area contributed by atoms with E-state index in [9.17, 15) is 0 Å². The Kier molecular flexibility index (Phi) is 5.65. The van der Waals surface area contributed by atoms with Gasteiger partial charge in [-0.25, -0.2) is 0 Å². The number of hydrogen-bond acceptors (Lipinski definition) is 2. The molecule has 8 aromatic carbocycles. The van der Waals surface area contributed by atoms with Gasteiger partial charge in [-0.15, -0.1) is 11.3 Å². The fraction of sp³-hybridized carbons (Fsp3) is 0. The molecule has 52 heavy (non-hydrogen) atoms. The third-order valence-electron chi connectivity index (χ3n) is 10.9. The number of thiophene rings is 1. The van der Waals surface area contributed by atoms with Crippen molar-refractivity contribution in [3.8, 4) is 22.5 Å². The summed E-state index contributed by atoms with van der Waals surface area (Å²) in [6, 6.07) is 61.7. The topological polar surface area (TPSA) is 23.0 Å². The molecule has 12 rings (SSSR count). The van der Waals surface area contributed by atoms with Crippen LogP contribution in [0.4, 0.5) is 0 Å². The van der Waals surface area contributed by atoms with Gasteiger partial charge in [0, 0.05) is 75.0 Å². The average molecular weight is 681 g/mol. The summed E-state index contributed by atoms with van der Waals surface area (Å²) in [6.07, 6.45) is 0. The Morgan fingerprint density at radius 3 is 1.75 bits per heavy atom. The van der Waals surface area contributed by atoms with Gasteiger partial charge in [-0.05, 0) is 60.7 Å². The van der Waals surface area contributed by atoms with Crippen LogP contribution in [-0.2, 0) is 0 Å². The second kappa shape index (κ2) is 10.5. The molecule has 0 spiro atoms. The van der Waals surface area contributed by atoms with E-state index in [0.29, 0.717) is 0 Å². The molecule has 0 fully saturated rings. The predicted molar refractivity (Wildman–Crippen MR) is 221 cm³/mol. The number of para-hydroxylation sites is 5. The van der Waals surface area contributed by atoms with E-state index in [1.807, 2.05) is 17.4 Å². The fourth-order valence-corrected chi connectivity index (χ4v) is 9.87. The van der Waals surface area contributed by atoms with Gasteiger partial charge in [0.1, 0.15) is 11.2 Å². The summed E-state index contributed by atoms with van der Waals surface area (Å²) in [6.45, 7) is 0. The smallest absolute Gasteiger partial charge is 0.143 e. The maximum atomic E-state index is 6.50. The van der Waals surface area contributed by atoms with Gasteiger partial charge in [-0.2, -0.15) is 0 Å². The maximum Gasteiger partial charge on any atom is 0.143 e. The van der Waals surface area contributed by atoms with Crippen molar-refractivity contribution in [2.75, 3.05) is 0 Å². The number of nitrogens with zero attached hydrogens (tertiary/aromatic N) is 2. The summed E-state index contributed by atoms with van der Waals surface area (Å²) in [5.41, 5.74) is 11.3. The average Bonchev–Trinajstić information content (AvgIpc) is 3.94. The normalized spacial score (nSPS) is 12.2. The van der Waals surface area contributed by atoms with Crippen molar-refractivity contribution in [1.82, 2.24) is 9.13 Å². The molecule has 3 nitrogen and oxygen atoms in total. The largest absolute Gasteiger partial charge is 0.455 e. The Morgan fingerprint density at radius 2 is 0.981 bits per heavy atom. The van der Waals surface area contributed by atoms with Crippen molar-refractivity contribution in [2.24, 2.45) is 0 Å². The second-order valence-electron chi connectivity index (χ2n) is 13.7. The molecule has 0 bridgehead atoms. The molecular weight excluding hydrogens is 653 g/mol. The number of rotatable bonds is 3. The molecule has 0 aliphatic heterocycles. The summed E-state index contributed by atoms with van der Waals surface area (Å²) in [5.74, 6) is 0. The Bertz CT molecular complexity index is 3410. The van der Waals surface area contributed by atoms with Crippen molar-refractivity contribution in [1.29, 1.82) is 0 Å². The maximum absolute atomic E-state index is 6.50. The lowest BCUT2D eigenvalue weighted by Crippen LogP contribution is -1.95. The first-order chi connectivity index (χ1) is 25.8. The van der Waals surface area contributed by atoms with E-state index in [1.54, 1.807) is 0 Å². The van der Waals surface area contributed by atoms with E-state index >= 15 is 0 Å². The number of furan rings is 1. The summed E-state index contributed by atoms with van der Waals surface area (Å²) in [4.78, 5) is 0. The van der Waals surface area contributed by atoms with Crippen LogP contribution in [0.25, 0.3) is 108 Å². The molecule has 12 aromatic rings. The zero-order chi connectivity index (χ0) is 33.9. The second-order valence-corrected chi connectivity index (χ2v) is 14.7. The third-order valence-corrected chi connectivity index (χ3v) is 12.1. The highest BCUT2D eigenvalue weighted by Gasteiger charge is 2.20. The Labute approximate surface area is 301 Å². The Balaban J connectivity index is 1.12. The van der Waals surface area contributed by atoms with Gasteiger partial charge in [0.25, 0.3) is 0 Å². The predicted octanol–water partition coefficient (Wildman–Crippen LogP) is 13.8. The van der Waals surface area contributed by atoms with E-state index in [4.69, 9.17) is 4.42 Å². The molecule has 0 saturated heterocycles. The summed E-state index contributed by atoms with van der Waals surface area (Å²) in [7, 11) is 0. The highest BCUT2D eigenvalue weighted by atomic mass is 32.1. The van der Waals surface area contributed by atoms with E-state index in [2.05, 4.69) is 173 Å². The number of aromatic nitrogens is 2. The van der Waals surface area contributed by atoms with Crippen LogP contribution in [0.1, 0.15) is 0 Å². The van der Waals surface area contributed by atoms with Gasteiger partial charge >= 0.3 is 0 Å². The first kappa shape index (κ1) is 28.1. The van der Waals surface area contributed by atoms with Crippen molar-refractivity contribution in [2.45, 2.75) is 0 Å². The van der Waals surface area contributed by atoms with Crippen LogP contribution in [0.5, 0.6) is 0 Å². The molecule has 4 aromatic heterocycles. The van der Waals surface area contributed by atoms with Gasteiger partial charge in [-0.3, -0.25) is 0 Å². The summed E-state index contributed by atoms with van der Waals surface area (Å²) >= 11 is 1.86. The van der Waals surface area contributed by atoms with Gasteiger partial charge in [-0.1, -0.05) is 109 Å². The van der Waals surface area contributed by atoms with Crippen molar-refractivity contribution in [3.63, 3.8) is 0 Å². The Morgan fingerprint density at radius 1 is 0.365 bits per heavy atom. The SMILES string of the molecule is c1ccc(-n2c3ccccc3c3cc4c5ccccc5n(-c5ccc6sc7c(-c8cccc9c8oc8ccccc89)cccc7c6c5)c4cc32)cc1. The van der Waals surface area contributed by atoms with Gasteiger partial charge in [0.05, 0.1) is 22.1 Å². The van der Waals surface area contributed by atoms with E-state index in [-0.39, 0.29) is 0 Å². The molecule has 0 saturated carbocycles. The molecule has 4 heterocycles. The van der Waals surface area contributed by atoms with Crippen molar-refractivity contribution < 1.29 is 4.42 Å². The number of hydrogen-bond donors (Lipinski definition) is 0. The molecule has 0 amide bonds. The lowest BCUT2D eigenvalue weighted by Gasteiger charge is -2.10. The minimum Gasteiger partial charge on any atom is -0.455 e. The minimum atomic E-state index is 0.922. The molecular formula is C48H28N2OS. The summed E-state index contributed by atoms with van der Waals surface area (Å²) < 4.78 is 13.9. The molecule has 0 aliphatic rings. The molecule has 242 valence electrons. The summed E-state index contributed by atoms with van der Waals surface area (Å²) in [5, 5.41) is 9.88. The van der Waals surface area contributed by atoms with Crippen LogP contribution in [0.15, 0.2) is 174 Å². The molecule has 4 heteroatoms. The van der Waals surface area contributed by atoms with E-state index in [0.717, 1.165) is 38.9 Å². The van der Waals surface area contributed by atoms with E-state index in [1.165, 1.54) is 69.3 Å². The van der Waals surface area contributed by atoms with Crippen LogP contribution in [0.3, 0.4) is 0 Å². The van der Waals surface area contributed by atoms with E-state index < -0.39 is 0 Å². The third kappa shape index (κ3) is 3.79. The van der Waals surface area contributed by atoms with Crippen molar-refractivity contribution in [3.05, 3.63) is 170 Å². The molecule has 0 radical (unpaired) electrons. The molecule has 0 atom stereocenters. The molecule has 0 N–H and O–H groups in total. The van der Waals surface area contributed by atoms with Crippen LogP contribution < -0.4 is 0 Å². The van der Waals surface area contributed by atoms with Crippen LogP contribution in [-0.4, -0.2) is 9.13 Å². The number of benzene rings is 8. The van der Waals surface area contributed by atoms with Gasteiger partial charge in [0.2, 0.25) is 0 Å². The highest BCUT2D eigenvalue weighted by molar-refractivity contribution is 7.26. The molecule has 0 aliphatic carbocycles. The minimum absolute atomic E-state index is 0.922. The van der Waals surface area contributed by atoms with Crippen molar-refractivity contribution >= 4 is 97.1 Å². The zero-order valence-electron chi connectivity index (χ0n) is 27.9. The monoisotopic (exact) mass is 680 g/mol. The fourth-order valence-electron chi connectivity index (χ4n) is 8.66. The lowest BCUT2D eigenvalue weighted by molar-refractivity contribution is 0.670. The molecule has 0 unspecified atom stereocenters. The highest BCUT2D eigenvalue weighted by Crippen LogP contribution is 2.45. The van der Waals surface area contributed by atoms with Crippen LogP contribution in [0, 0.1) is 0 Å². The first-order valence-corrected chi connectivity index (χ1v) is 18.5. The Hall–Kier alpha value is -6.62. The lowest BCUT2D eigenvalue weighted by atomic mass is 10.00. The first-order valence-electron chi connectivity index (χ1n) is 17.7.